The molecule has 0 aliphatic carbocycles. The van der Waals surface area contributed by atoms with E-state index in [0.29, 0.717) is 26.9 Å². The molecule has 0 heterocycles. The molecule has 10 nitrogen and oxygen atoms in total. The summed E-state index contributed by atoms with van der Waals surface area (Å²) in [6, 6.07) is 16.0. The molecule has 0 saturated heterocycles. The lowest BCUT2D eigenvalue weighted by atomic mass is 10.0. The molecule has 3 aromatic carbocycles. The molecule has 3 N–H and O–H groups in total. The minimum absolute atomic E-state index is 0.0930. The van der Waals surface area contributed by atoms with Gasteiger partial charge in [0, 0.05) is 35.5 Å². The fourth-order valence-corrected chi connectivity index (χ4v) is 5.79. The van der Waals surface area contributed by atoms with E-state index >= 15 is 0 Å². The smallest absolute Gasteiger partial charge is 0.326 e. The minimum atomic E-state index is -4.18. The molecule has 0 fully saturated rings. The molecule has 0 aliphatic rings. The van der Waals surface area contributed by atoms with E-state index in [-0.39, 0.29) is 24.3 Å². The van der Waals surface area contributed by atoms with Gasteiger partial charge in [-0.05, 0) is 48.4 Å². The zero-order valence-electron chi connectivity index (χ0n) is 21.9. The van der Waals surface area contributed by atoms with Crippen LogP contribution in [0.4, 0.5) is 0 Å². The first-order chi connectivity index (χ1) is 19.4. The van der Waals surface area contributed by atoms with Gasteiger partial charge >= 0.3 is 11.9 Å². The van der Waals surface area contributed by atoms with Gasteiger partial charge in [0.1, 0.15) is 24.4 Å². The number of carbonyl (C=O) groups excluding carboxylic acids is 1. The number of amides is 1. The van der Waals surface area contributed by atoms with E-state index in [1.54, 1.807) is 48.5 Å². The fourth-order valence-electron chi connectivity index (χ4n) is 3.92. The second kappa shape index (κ2) is 14.3. The van der Waals surface area contributed by atoms with Gasteiger partial charge in [-0.3, -0.25) is 9.59 Å². The zero-order valence-corrected chi connectivity index (χ0v) is 24.2. The van der Waals surface area contributed by atoms with E-state index in [1.165, 1.54) is 24.3 Å². The van der Waals surface area contributed by atoms with Gasteiger partial charge in [0.25, 0.3) is 0 Å². The monoisotopic (exact) mass is 622 g/mol. The number of carboxylic acids is 2. The summed E-state index contributed by atoms with van der Waals surface area (Å²) in [7, 11) is -3.03. The number of hydrogen-bond donors (Lipinski definition) is 3. The number of rotatable bonds is 14. The second-order valence-corrected chi connectivity index (χ2v) is 11.8. The molecule has 218 valence electrons. The number of nitrogens with one attached hydrogen (secondary N) is 1. The highest BCUT2D eigenvalue weighted by Gasteiger charge is 2.35. The number of carbonyl (C=O) groups is 3. The Morgan fingerprint density at radius 1 is 0.927 bits per heavy atom. The summed E-state index contributed by atoms with van der Waals surface area (Å²) >= 11 is 12.3. The molecular formula is C28H28Cl2N2O8S. The molecular weight excluding hydrogens is 595 g/mol. The lowest BCUT2D eigenvalue weighted by molar-refractivity contribution is -0.143. The average molecular weight is 624 g/mol. The first-order valence-corrected chi connectivity index (χ1v) is 14.5. The van der Waals surface area contributed by atoms with Crippen molar-refractivity contribution < 1.29 is 37.8 Å². The van der Waals surface area contributed by atoms with Crippen molar-refractivity contribution in [3.8, 4) is 5.75 Å². The fraction of sp³-hybridized carbons (Fsp3) is 0.250. The molecule has 2 atom stereocenters. The van der Waals surface area contributed by atoms with Gasteiger partial charge in [0.2, 0.25) is 15.9 Å². The highest BCUT2D eigenvalue weighted by atomic mass is 35.5. The Balaban J connectivity index is 1.72. The lowest BCUT2D eigenvalue weighted by Crippen LogP contribution is -2.52. The highest BCUT2D eigenvalue weighted by Crippen LogP contribution is 2.26. The van der Waals surface area contributed by atoms with Gasteiger partial charge in [-0.1, -0.05) is 59.6 Å². The third kappa shape index (κ3) is 8.67. The van der Waals surface area contributed by atoms with Crippen molar-refractivity contribution in [2.75, 3.05) is 7.05 Å². The van der Waals surface area contributed by atoms with Crippen LogP contribution in [-0.4, -0.2) is 59.9 Å². The number of sulfonamides is 1. The molecule has 0 spiro atoms. The molecule has 0 radical (unpaired) electrons. The van der Waals surface area contributed by atoms with Crippen LogP contribution in [0.25, 0.3) is 0 Å². The van der Waals surface area contributed by atoms with Crippen molar-refractivity contribution >= 4 is 51.1 Å². The SMILES string of the molecule is CN([C@@H](CCC(=O)O)C(=O)N[C@@H](Cc1ccc(OCc2c(Cl)cccc2Cl)cc1)C(=O)O)S(=O)(=O)c1ccccc1. The average Bonchev–Trinajstić information content (AvgIpc) is 2.93. The van der Waals surface area contributed by atoms with Gasteiger partial charge in [0.05, 0.1) is 4.90 Å². The van der Waals surface area contributed by atoms with Crippen LogP contribution < -0.4 is 10.1 Å². The maximum absolute atomic E-state index is 13.2. The van der Waals surface area contributed by atoms with Crippen molar-refractivity contribution in [3.05, 3.63) is 94.0 Å². The van der Waals surface area contributed by atoms with Crippen LogP contribution in [0.1, 0.15) is 24.0 Å². The van der Waals surface area contributed by atoms with Gasteiger partial charge in [-0.2, -0.15) is 4.31 Å². The number of likely N-dealkylation sites (N-methyl/N-ethyl adjacent to an activating group) is 1. The Bertz CT molecular complexity index is 1460. The Labute approximate surface area is 247 Å². The van der Waals surface area contributed by atoms with E-state index in [9.17, 15) is 27.9 Å². The van der Waals surface area contributed by atoms with Crippen molar-refractivity contribution in [2.45, 2.75) is 42.8 Å². The number of aliphatic carboxylic acids is 2. The summed E-state index contributed by atoms with van der Waals surface area (Å²) in [5.41, 5.74) is 1.17. The van der Waals surface area contributed by atoms with E-state index in [4.69, 9.17) is 33.0 Å². The zero-order chi connectivity index (χ0) is 30.2. The van der Waals surface area contributed by atoms with Crippen LogP contribution in [0.5, 0.6) is 5.75 Å². The first-order valence-electron chi connectivity index (χ1n) is 12.3. The minimum Gasteiger partial charge on any atom is -0.489 e. The predicted octanol–water partition coefficient (Wildman–Crippen LogP) is 4.24. The number of halogens is 2. The quantitative estimate of drug-likeness (QED) is 0.241. The third-order valence-electron chi connectivity index (χ3n) is 6.22. The molecule has 1 amide bonds. The summed E-state index contributed by atoms with van der Waals surface area (Å²) < 4.78 is 32.7. The maximum Gasteiger partial charge on any atom is 0.326 e. The van der Waals surface area contributed by atoms with Crippen molar-refractivity contribution in [3.63, 3.8) is 0 Å². The largest absolute Gasteiger partial charge is 0.489 e. The van der Waals surface area contributed by atoms with E-state index in [1.807, 2.05) is 0 Å². The molecule has 0 aliphatic heterocycles. The third-order valence-corrected chi connectivity index (χ3v) is 8.80. The molecule has 0 saturated carbocycles. The Kier molecular flexibility index (Phi) is 11.1. The van der Waals surface area contributed by atoms with Gasteiger partial charge in [-0.15, -0.1) is 0 Å². The normalized spacial score (nSPS) is 12.9. The van der Waals surface area contributed by atoms with E-state index in [0.717, 1.165) is 11.4 Å². The van der Waals surface area contributed by atoms with E-state index in [2.05, 4.69) is 5.32 Å². The number of benzene rings is 3. The van der Waals surface area contributed by atoms with Crippen LogP contribution in [0.2, 0.25) is 10.0 Å². The summed E-state index contributed by atoms with van der Waals surface area (Å²) in [5.74, 6) is -3.04. The van der Waals surface area contributed by atoms with E-state index < -0.39 is 46.4 Å². The first kappa shape index (κ1) is 31.9. The molecule has 0 bridgehead atoms. The van der Waals surface area contributed by atoms with Crippen molar-refractivity contribution in [1.82, 2.24) is 9.62 Å². The van der Waals surface area contributed by atoms with Crippen LogP contribution in [0.15, 0.2) is 77.7 Å². The molecule has 0 aromatic heterocycles. The van der Waals surface area contributed by atoms with Crippen LogP contribution in [0.3, 0.4) is 0 Å². The summed E-state index contributed by atoms with van der Waals surface area (Å²) in [4.78, 5) is 36.3. The number of nitrogens with zero attached hydrogens (tertiary/aromatic N) is 1. The van der Waals surface area contributed by atoms with Gasteiger partial charge in [-0.25, -0.2) is 13.2 Å². The summed E-state index contributed by atoms with van der Waals surface area (Å²) in [6.45, 7) is 0.114. The van der Waals surface area contributed by atoms with Crippen molar-refractivity contribution in [2.24, 2.45) is 0 Å². The summed E-state index contributed by atoms with van der Waals surface area (Å²) in [6.07, 6.45) is -0.999. The second-order valence-electron chi connectivity index (χ2n) is 9.02. The lowest BCUT2D eigenvalue weighted by Gasteiger charge is -2.27. The topological polar surface area (TPSA) is 150 Å². The molecule has 3 rings (SSSR count). The van der Waals surface area contributed by atoms with Gasteiger partial charge in [0.15, 0.2) is 0 Å². The van der Waals surface area contributed by atoms with Crippen molar-refractivity contribution in [1.29, 1.82) is 0 Å². The number of hydrogen-bond acceptors (Lipinski definition) is 6. The van der Waals surface area contributed by atoms with Crippen LogP contribution >= 0.6 is 23.2 Å². The molecule has 0 unspecified atom stereocenters. The standard InChI is InChI=1S/C28H28Cl2N2O8S/c1-32(41(38,39)20-6-3-2-4-7-20)25(14-15-26(33)34)27(35)31-24(28(36)37)16-18-10-12-19(13-11-18)40-17-21-22(29)8-5-9-23(21)30/h2-13,24-25H,14-17H2,1H3,(H,31,35)(H,33,34)(H,36,37)/t24-,25-/m0/s1. The Morgan fingerprint density at radius 2 is 1.54 bits per heavy atom. The summed E-state index contributed by atoms with van der Waals surface area (Å²) in [5, 5.41) is 22.2. The van der Waals surface area contributed by atoms with Gasteiger partial charge < -0.3 is 20.3 Å². The molecule has 3 aromatic rings. The molecule has 41 heavy (non-hydrogen) atoms. The predicted molar refractivity (Wildman–Crippen MR) is 153 cm³/mol. The Morgan fingerprint density at radius 3 is 2.10 bits per heavy atom. The van der Waals surface area contributed by atoms with Crippen LogP contribution in [0, 0.1) is 0 Å². The number of ether oxygens (including phenoxy) is 1. The molecule has 13 heteroatoms. The Hall–Kier alpha value is -3.64. The maximum atomic E-state index is 13.2. The van der Waals surface area contributed by atoms with Crippen LogP contribution in [-0.2, 0) is 37.4 Å². The highest BCUT2D eigenvalue weighted by molar-refractivity contribution is 7.89. The number of carboxylic acid groups (broad SMARTS) is 2.